The second-order valence-corrected chi connectivity index (χ2v) is 6.64. The van der Waals surface area contributed by atoms with Gasteiger partial charge in [-0.2, -0.15) is 0 Å². The lowest BCUT2D eigenvalue weighted by Gasteiger charge is -2.18. The van der Waals surface area contributed by atoms with Crippen molar-refractivity contribution in [2.24, 2.45) is 0 Å². The van der Waals surface area contributed by atoms with Crippen LogP contribution >= 0.6 is 12.2 Å². The van der Waals surface area contributed by atoms with Crippen molar-refractivity contribution in [3.05, 3.63) is 89.6 Å². The maximum absolute atomic E-state index is 5.45. The van der Waals surface area contributed by atoms with Gasteiger partial charge in [-0.25, -0.2) is 4.98 Å². The van der Waals surface area contributed by atoms with E-state index in [0.717, 1.165) is 17.1 Å². The van der Waals surface area contributed by atoms with Crippen LogP contribution in [0.5, 0.6) is 5.75 Å². The van der Waals surface area contributed by atoms with Gasteiger partial charge >= 0.3 is 0 Å². The van der Waals surface area contributed by atoms with Crippen molar-refractivity contribution in [1.29, 1.82) is 0 Å². The first kappa shape index (κ1) is 18.9. The minimum absolute atomic E-state index is 0.170. The molecule has 0 saturated carbocycles. The Morgan fingerprint density at radius 2 is 1.78 bits per heavy atom. The average Bonchev–Trinajstić information content (AvgIpc) is 2.73. The number of anilines is 1. The Morgan fingerprint density at radius 1 is 1.04 bits per heavy atom. The Kier molecular flexibility index (Phi) is 6.39. The number of thiocarbonyl (C=S) groups is 1. The van der Waals surface area contributed by atoms with Crippen molar-refractivity contribution in [2.75, 3.05) is 12.4 Å². The smallest absolute Gasteiger partial charge is 0.172 e. The highest BCUT2D eigenvalue weighted by Crippen LogP contribution is 2.29. The maximum Gasteiger partial charge on any atom is 0.172 e. The zero-order valence-corrected chi connectivity index (χ0v) is 16.3. The van der Waals surface area contributed by atoms with E-state index in [9.17, 15) is 0 Å². The number of hydrogen-bond acceptors (Lipinski definition) is 3. The van der Waals surface area contributed by atoms with Crippen LogP contribution in [0.25, 0.3) is 0 Å². The number of ether oxygens (including phenoxy) is 1. The number of hydrogen-bond donors (Lipinski definition) is 2. The maximum atomic E-state index is 5.45. The second-order valence-electron chi connectivity index (χ2n) is 6.23. The third kappa shape index (κ3) is 5.05. The first-order chi connectivity index (χ1) is 13.2. The summed E-state index contributed by atoms with van der Waals surface area (Å²) in [5.74, 6) is 1.79. The molecule has 1 aromatic heterocycles. The van der Waals surface area contributed by atoms with Crippen LogP contribution < -0.4 is 15.4 Å². The number of aromatic nitrogens is 1. The molecule has 3 aromatic rings. The van der Waals surface area contributed by atoms with Crippen LogP contribution in [-0.2, 0) is 6.54 Å². The van der Waals surface area contributed by atoms with Crippen LogP contribution in [0, 0.1) is 0 Å². The number of nitrogens with zero attached hydrogens (tertiary/aromatic N) is 1. The molecule has 0 spiro atoms. The minimum atomic E-state index is 0.170. The predicted octanol–water partition coefficient (Wildman–Crippen LogP) is 4.73. The summed E-state index contributed by atoms with van der Waals surface area (Å²) in [6, 6.07) is 22.3. The quantitative estimate of drug-likeness (QED) is 0.608. The Bertz CT molecular complexity index is 882. The zero-order valence-electron chi connectivity index (χ0n) is 15.5. The van der Waals surface area contributed by atoms with Gasteiger partial charge in [0.2, 0.25) is 0 Å². The van der Waals surface area contributed by atoms with E-state index in [4.69, 9.17) is 17.0 Å². The van der Waals surface area contributed by atoms with Gasteiger partial charge in [-0.15, -0.1) is 0 Å². The molecule has 1 unspecified atom stereocenters. The molecule has 2 aromatic carbocycles. The molecule has 138 valence electrons. The van der Waals surface area contributed by atoms with Crippen LogP contribution in [0.15, 0.2) is 72.9 Å². The third-order valence-corrected chi connectivity index (χ3v) is 4.70. The molecule has 1 atom stereocenters. The summed E-state index contributed by atoms with van der Waals surface area (Å²) in [6.45, 7) is 2.83. The van der Waals surface area contributed by atoms with Gasteiger partial charge in [0.25, 0.3) is 0 Å². The number of pyridine rings is 1. The molecule has 0 radical (unpaired) electrons. The summed E-state index contributed by atoms with van der Waals surface area (Å²) in [6.07, 6.45) is 1.77. The van der Waals surface area contributed by atoms with E-state index in [1.807, 2.05) is 36.4 Å². The highest BCUT2D eigenvalue weighted by molar-refractivity contribution is 7.80. The fraction of sp³-hybridized carbons (Fsp3) is 0.182. The van der Waals surface area contributed by atoms with Gasteiger partial charge in [0.05, 0.1) is 7.11 Å². The van der Waals surface area contributed by atoms with Crippen molar-refractivity contribution in [2.45, 2.75) is 19.4 Å². The van der Waals surface area contributed by atoms with Gasteiger partial charge in [-0.05, 0) is 41.5 Å². The molecule has 27 heavy (non-hydrogen) atoms. The number of rotatable bonds is 6. The standard InChI is InChI=1S/C22H23N3OS/c1-16(18-10-12-19(26-2)13-11-18)20-9-6-14-23-21(20)25-22(27)24-15-17-7-4-3-5-8-17/h3-14,16H,15H2,1-2H3,(H2,23,24,25,27). The van der Waals surface area contributed by atoms with Gasteiger partial charge in [-0.1, -0.05) is 55.5 Å². The van der Waals surface area contributed by atoms with Gasteiger partial charge in [-0.3, -0.25) is 0 Å². The van der Waals surface area contributed by atoms with E-state index >= 15 is 0 Å². The minimum Gasteiger partial charge on any atom is -0.497 e. The van der Waals surface area contributed by atoms with E-state index in [2.05, 4.69) is 52.9 Å². The van der Waals surface area contributed by atoms with E-state index in [1.54, 1.807) is 13.3 Å². The molecule has 5 heteroatoms. The zero-order chi connectivity index (χ0) is 19.1. The van der Waals surface area contributed by atoms with Gasteiger partial charge in [0.15, 0.2) is 5.11 Å². The first-order valence-electron chi connectivity index (χ1n) is 8.85. The molecule has 0 aliphatic carbocycles. The molecule has 4 nitrogen and oxygen atoms in total. The average molecular weight is 378 g/mol. The third-order valence-electron chi connectivity index (χ3n) is 4.45. The van der Waals surface area contributed by atoms with E-state index in [0.29, 0.717) is 11.7 Å². The number of nitrogens with one attached hydrogen (secondary N) is 2. The summed E-state index contributed by atoms with van der Waals surface area (Å²) in [5, 5.41) is 7.03. The number of benzene rings is 2. The van der Waals surface area contributed by atoms with Crippen molar-refractivity contribution in [1.82, 2.24) is 10.3 Å². The van der Waals surface area contributed by atoms with Crippen molar-refractivity contribution in [3.63, 3.8) is 0 Å². The Balaban J connectivity index is 1.70. The molecule has 0 aliphatic heterocycles. The van der Waals surface area contributed by atoms with Crippen LogP contribution in [0.2, 0.25) is 0 Å². The lowest BCUT2D eigenvalue weighted by atomic mass is 9.93. The lowest BCUT2D eigenvalue weighted by molar-refractivity contribution is 0.414. The molecule has 3 rings (SSSR count). The predicted molar refractivity (Wildman–Crippen MR) is 114 cm³/mol. The van der Waals surface area contributed by atoms with Gasteiger partial charge in [0.1, 0.15) is 11.6 Å². The van der Waals surface area contributed by atoms with Crippen LogP contribution in [0.1, 0.15) is 29.5 Å². The summed E-state index contributed by atoms with van der Waals surface area (Å²) in [5.41, 5.74) is 3.45. The molecule has 0 fully saturated rings. The summed E-state index contributed by atoms with van der Waals surface area (Å²) in [4.78, 5) is 4.49. The Labute approximate surface area is 165 Å². The first-order valence-corrected chi connectivity index (χ1v) is 9.26. The molecule has 0 saturated heterocycles. The van der Waals surface area contributed by atoms with Crippen LogP contribution in [0.4, 0.5) is 5.82 Å². The molecule has 0 amide bonds. The van der Waals surface area contributed by atoms with Crippen LogP contribution in [-0.4, -0.2) is 17.2 Å². The highest BCUT2D eigenvalue weighted by Gasteiger charge is 2.14. The van der Waals surface area contributed by atoms with Gasteiger partial charge < -0.3 is 15.4 Å². The van der Waals surface area contributed by atoms with E-state index in [-0.39, 0.29) is 5.92 Å². The summed E-state index contributed by atoms with van der Waals surface area (Å²) in [7, 11) is 1.67. The van der Waals surface area contributed by atoms with Crippen LogP contribution in [0.3, 0.4) is 0 Å². The van der Waals surface area contributed by atoms with Crippen molar-refractivity contribution in [3.8, 4) is 5.75 Å². The van der Waals surface area contributed by atoms with Crippen molar-refractivity contribution >= 4 is 23.1 Å². The molecule has 0 aliphatic rings. The molecule has 2 N–H and O–H groups in total. The largest absolute Gasteiger partial charge is 0.497 e. The van der Waals surface area contributed by atoms with Gasteiger partial charge in [0, 0.05) is 24.2 Å². The summed E-state index contributed by atoms with van der Waals surface area (Å²) >= 11 is 5.45. The fourth-order valence-electron chi connectivity index (χ4n) is 2.87. The SMILES string of the molecule is COc1ccc(C(C)c2cccnc2NC(=S)NCc2ccccc2)cc1. The molecular formula is C22H23N3OS. The lowest BCUT2D eigenvalue weighted by Crippen LogP contribution is -2.28. The monoisotopic (exact) mass is 377 g/mol. The Morgan fingerprint density at radius 3 is 2.48 bits per heavy atom. The fourth-order valence-corrected chi connectivity index (χ4v) is 3.04. The van der Waals surface area contributed by atoms with E-state index in [1.165, 1.54) is 11.1 Å². The Hall–Kier alpha value is -2.92. The molecule has 0 bridgehead atoms. The van der Waals surface area contributed by atoms with E-state index < -0.39 is 0 Å². The molecule has 1 heterocycles. The number of methoxy groups -OCH3 is 1. The molecular weight excluding hydrogens is 354 g/mol. The summed E-state index contributed by atoms with van der Waals surface area (Å²) < 4.78 is 5.24. The second kappa shape index (κ2) is 9.14. The topological polar surface area (TPSA) is 46.2 Å². The highest BCUT2D eigenvalue weighted by atomic mass is 32.1. The normalized spacial score (nSPS) is 11.5. The van der Waals surface area contributed by atoms with Crippen molar-refractivity contribution < 1.29 is 4.74 Å².